The molecule has 0 unspecified atom stereocenters. The number of imidazole rings is 1. The molecule has 0 fully saturated rings. The van der Waals surface area contributed by atoms with Gasteiger partial charge in [-0.1, -0.05) is 0 Å². The van der Waals surface area contributed by atoms with E-state index in [0.29, 0.717) is 0 Å². The zero-order valence-electron chi connectivity index (χ0n) is 7.98. The van der Waals surface area contributed by atoms with Crippen molar-refractivity contribution in [3.8, 4) is 11.4 Å². The largest absolute Gasteiger partial charge is 0.345 e. The molecule has 0 atom stereocenters. The summed E-state index contributed by atoms with van der Waals surface area (Å²) in [7, 11) is 1.90. The van der Waals surface area contributed by atoms with Crippen molar-refractivity contribution in [2.75, 3.05) is 0 Å². The maximum Gasteiger partial charge on any atom is 0.345 e. The summed E-state index contributed by atoms with van der Waals surface area (Å²) in [6.45, 7) is 1.91. The molecule has 0 spiro atoms. The van der Waals surface area contributed by atoms with Crippen LogP contribution in [-0.2, 0) is 7.05 Å². The van der Waals surface area contributed by atoms with Crippen LogP contribution in [0.3, 0.4) is 0 Å². The first-order valence-electron chi connectivity index (χ1n) is 4.22. The number of aryl methyl sites for hydroxylation is 1. The van der Waals surface area contributed by atoms with E-state index in [1.807, 2.05) is 18.5 Å². The van der Waals surface area contributed by atoms with Crippen LogP contribution in [0.15, 0.2) is 23.3 Å². The quantitative estimate of drug-likeness (QED) is 0.711. The third-order valence-corrected chi connectivity index (χ3v) is 2.17. The van der Waals surface area contributed by atoms with E-state index in [4.69, 9.17) is 0 Å². The molecule has 0 aliphatic heterocycles. The van der Waals surface area contributed by atoms with E-state index in [2.05, 4.69) is 15.0 Å². The number of hydrogen-bond donors (Lipinski definition) is 1. The number of nitrogens with one attached hydrogen (secondary N) is 1. The topological polar surface area (TPSA) is 63.6 Å². The molecule has 2 rings (SSSR count). The molecule has 0 aliphatic carbocycles. The van der Waals surface area contributed by atoms with E-state index >= 15 is 0 Å². The summed E-state index contributed by atoms with van der Waals surface area (Å²) >= 11 is 0. The Labute approximate surface area is 80.5 Å². The maximum absolute atomic E-state index is 11.0. The van der Waals surface area contributed by atoms with E-state index in [1.54, 1.807) is 12.3 Å². The van der Waals surface area contributed by atoms with Gasteiger partial charge in [-0.2, -0.15) is 0 Å². The zero-order valence-corrected chi connectivity index (χ0v) is 7.98. The van der Waals surface area contributed by atoms with Crippen LogP contribution in [0.25, 0.3) is 11.4 Å². The SMILES string of the molecule is Cc1ncc(-c2ccnc(=O)[nH]2)n1C. The van der Waals surface area contributed by atoms with E-state index < -0.39 is 0 Å². The van der Waals surface area contributed by atoms with Gasteiger partial charge in [0, 0.05) is 13.2 Å². The highest BCUT2D eigenvalue weighted by Gasteiger charge is 2.05. The Bertz CT molecular complexity index is 512. The van der Waals surface area contributed by atoms with Gasteiger partial charge in [0.1, 0.15) is 5.82 Å². The van der Waals surface area contributed by atoms with Gasteiger partial charge in [0.2, 0.25) is 0 Å². The summed E-state index contributed by atoms with van der Waals surface area (Å²) < 4.78 is 1.91. The van der Waals surface area contributed by atoms with Crippen molar-refractivity contribution < 1.29 is 0 Å². The standard InChI is InChI=1S/C9H10N4O/c1-6-11-5-8(13(6)2)7-3-4-10-9(14)12-7/h3-5H,1-2H3,(H,10,12,14). The maximum atomic E-state index is 11.0. The fourth-order valence-electron chi connectivity index (χ4n) is 1.27. The van der Waals surface area contributed by atoms with Gasteiger partial charge < -0.3 is 9.55 Å². The Balaban J connectivity index is 2.60. The Kier molecular flexibility index (Phi) is 1.92. The van der Waals surface area contributed by atoms with Crippen LogP contribution in [0.5, 0.6) is 0 Å². The highest BCUT2D eigenvalue weighted by atomic mass is 16.1. The summed E-state index contributed by atoms with van der Waals surface area (Å²) in [5.41, 5.74) is 1.26. The molecular weight excluding hydrogens is 180 g/mol. The molecule has 14 heavy (non-hydrogen) atoms. The van der Waals surface area contributed by atoms with E-state index in [0.717, 1.165) is 17.2 Å². The molecular formula is C9H10N4O. The van der Waals surface area contributed by atoms with Crippen molar-refractivity contribution in [2.24, 2.45) is 7.05 Å². The minimum Gasteiger partial charge on any atom is -0.330 e. The molecule has 2 heterocycles. The zero-order chi connectivity index (χ0) is 10.1. The van der Waals surface area contributed by atoms with Crippen LogP contribution in [0.4, 0.5) is 0 Å². The first-order valence-corrected chi connectivity index (χ1v) is 4.22. The van der Waals surface area contributed by atoms with Gasteiger partial charge in [-0.05, 0) is 13.0 Å². The summed E-state index contributed by atoms with van der Waals surface area (Å²) in [5.74, 6) is 0.901. The number of H-pyrrole nitrogens is 1. The second kappa shape index (κ2) is 3.10. The summed E-state index contributed by atoms with van der Waals surface area (Å²) in [4.78, 5) is 21.3. The van der Waals surface area contributed by atoms with Crippen molar-refractivity contribution in [1.29, 1.82) is 0 Å². The molecule has 72 valence electrons. The molecule has 0 amide bonds. The lowest BCUT2D eigenvalue weighted by Gasteiger charge is -2.02. The van der Waals surface area contributed by atoms with Crippen LogP contribution in [0.1, 0.15) is 5.82 Å². The molecule has 1 N–H and O–H groups in total. The fraction of sp³-hybridized carbons (Fsp3) is 0.222. The molecule has 0 saturated carbocycles. The molecule has 2 aromatic rings. The Morgan fingerprint density at radius 1 is 1.43 bits per heavy atom. The monoisotopic (exact) mass is 190 g/mol. The third-order valence-electron chi connectivity index (χ3n) is 2.17. The molecule has 5 heteroatoms. The molecule has 5 nitrogen and oxygen atoms in total. The average molecular weight is 190 g/mol. The number of aromatic nitrogens is 4. The van der Waals surface area contributed by atoms with Crippen LogP contribution < -0.4 is 5.69 Å². The lowest BCUT2D eigenvalue weighted by atomic mass is 10.3. The first-order chi connectivity index (χ1) is 6.68. The second-order valence-electron chi connectivity index (χ2n) is 3.04. The number of nitrogens with zero attached hydrogens (tertiary/aromatic N) is 3. The van der Waals surface area contributed by atoms with Crippen molar-refractivity contribution in [3.63, 3.8) is 0 Å². The van der Waals surface area contributed by atoms with Gasteiger partial charge in [0.05, 0.1) is 17.6 Å². The molecule has 0 radical (unpaired) electrons. The van der Waals surface area contributed by atoms with Crippen LogP contribution in [-0.4, -0.2) is 19.5 Å². The predicted octanol–water partition coefficient (Wildman–Crippen LogP) is 0.479. The molecule has 0 aromatic carbocycles. The molecule has 0 aliphatic rings. The molecule has 0 bridgehead atoms. The highest BCUT2D eigenvalue weighted by Crippen LogP contribution is 2.14. The Hall–Kier alpha value is -1.91. The van der Waals surface area contributed by atoms with Crippen molar-refractivity contribution in [2.45, 2.75) is 6.92 Å². The molecule has 2 aromatic heterocycles. The van der Waals surface area contributed by atoms with Gasteiger partial charge in [0.15, 0.2) is 0 Å². The average Bonchev–Trinajstić information content (AvgIpc) is 2.48. The Morgan fingerprint density at radius 3 is 2.79 bits per heavy atom. The molecule has 0 saturated heterocycles. The van der Waals surface area contributed by atoms with Crippen molar-refractivity contribution >= 4 is 0 Å². The van der Waals surface area contributed by atoms with Crippen LogP contribution in [0, 0.1) is 6.92 Å². The van der Waals surface area contributed by atoms with Crippen LogP contribution >= 0.6 is 0 Å². The summed E-state index contributed by atoms with van der Waals surface area (Å²) in [5, 5.41) is 0. The smallest absolute Gasteiger partial charge is 0.330 e. The normalized spacial score (nSPS) is 10.4. The number of rotatable bonds is 1. The third kappa shape index (κ3) is 1.32. The predicted molar refractivity (Wildman–Crippen MR) is 51.8 cm³/mol. The van der Waals surface area contributed by atoms with Gasteiger partial charge in [0.25, 0.3) is 0 Å². The summed E-state index contributed by atoms with van der Waals surface area (Å²) in [6.07, 6.45) is 3.21. The number of aromatic amines is 1. The second-order valence-corrected chi connectivity index (χ2v) is 3.04. The van der Waals surface area contributed by atoms with Crippen molar-refractivity contribution in [1.82, 2.24) is 19.5 Å². The van der Waals surface area contributed by atoms with Gasteiger partial charge in [-0.15, -0.1) is 0 Å². The van der Waals surface area contributed by atoms with E-state index in [-0.39, 0.29) is 5.69 Å². The minimum absolute atomic E-state index is 0.346. The highest BCUT2D eigenvalue weighted by molar-refractivity contribution is 5.53. The van der Waals surface area contributed by atoms with E-state index in [9.17, 15) is 4.79 Å². The lowest BCUT2D eigenvalue weighted by molar-refractivity contribution is 0.859. The van der Waals surface area contributed by atoms with Gasteiger partial charge in [-0.3, -0.25) is 0 Å². The lowest BCUT2D eigenvalue weighted by Crippen LogP contribution is -2.10. The number of hydrogen-bond acceptors (Lipinski definition) is 3. The Morgan fingerprint density at radius 2 is 2.21 bits per heavy atom. The van der Waals surface area contributed by atoms with Crippen LogP contribution in [0.2, 0.25) is 0 Å². The van der Waals surface area contributed by atoms with E-state index in [1.165, 1.54) is 6.20 Å². The van der Waals surface area contributed by atoms with Gasteiger partial charge >= 0.3 is 5.69 Å². The minimum atomic E-state index is -0.346. The van der Waals surface area contributed by atoms with Crippen molar-refractivity contribution in [3.05, 3.63) is 34.8 Å². The fourth-order valence-corrected chi connectivity index (χ4v) is 1.27. The summed E-state index contributed by atoms with van der Waals surface area (Å²) in [6, 6.07) is 1.75. The first kappa shape index (κ1) is 8.68. The van der Waals surface area contributed by atoms with Gasteiger partial charge in [-0.25, -0.2) is 14.8 Å².